The molecule has 6 heteroatoms. The highest BCUT2D eigenvalue weighted by molar-refractivity contribution is 7.99. The van der Waals surface area contributed by atoms with Gasteiger partial charge in [0.2, 0.25) is 5.91 Å². The van der Waals surface area contributed by atoms with Crippen LogP contribution in [-0.2, 0) is 17.6 Å². The first-order valence-corrected chi connectivity index (χ1v) is 10.5. The highest BCUT2D eigenvalue weighted by atomic mass is 32.2. The van der Waals surface area contributed by atoms with Crippen molar-refractivity contribution in [1.82, 2.24) is 9.97 Å². The molecule has 1 heterocycles. The fourth-order valence-electron chi connectivity index (χ4n) is 3.00. The lowest BCUT2D eigenvalue weighted by Gasteiger charge is -2.12. The summed E-state index contributed by atoms with van der Waals surface area (Å²) < 4.78 is 0. The second kappa shape index (κ2) is 9.56. The number of aromatic nitrogens is 2. The van der Waals surface area contributed by atoms with Gasteiger partial charge in [-0.3, -0.25) is 9.59 Å². The summed E-state index contributed by atoms with van der Waals surface area (Å²) in [5.74, 6) is -0.234. The van der Waals surface area contributed by atoms with Gasteiger partial charge in [-0.1, -0.05) is 61.2 Å². The number of benzene rings is 2. The maximum Gasteiger partial charge on any atom is 0.255 e. The first-order chi connectivity index (χ1) is 14.0. The van der Waals surface area contributed by atoms with E-state index >= 15 is 0 Å². The Bertz CT molecular complexity index is 1030. The van der Waals surface area contributed by atoms with E-state index < -0.39 is 0 Å². The predicted octanol–water partition coefficient (Wildman–Crippen LogP) is 4.68. The van der Waals surface area contributed by atoms with Crippen LogP contribution in [-0.4, -0.2) is 15.9 Å². The number of rotatable bonds is 7. The summed E-state index contributed by atoms with van der Waals surface area (Å²) in [7, 11) is 0. The smallest absolute Gasteiger partial charge is 0.255 e. The molecule has 0 aliphatic heterocycles. The van der Waals surface area contributed by atoms with E-state index in [1.165, 1.54) is 17.3 Å². The molecule has 1 unspecified atom stereocenters. The molecule has 0 saturated carbocycles. The van der Waals surface area contributed by atoms with Gasteiger partial charge in [-0.2, -0.15) is 0 Å². The highest BCUT2D eigenvalue weighted by Gasteiger charge is 2.15. The second-order valence-electron chi connectivity index (χ2n) is 6.88. The number of carbonyl (C=O) groups is 1. The molecule has 0 fully saturated rings. The minimum Gasteiger partial charge on any atom is -0.326 e. The molecule has 150 valence electrons. The van der Waals surface area contributed by atoms with Gasteiger partial charge in [-0.25, -0.2) is 4.98 Å². The fraction of sp³-hybridized carbons (Fsp3) is 0.261. The lowest BCUT2D eigenvalue weighted by molar-refractivity contribution is -0.115. The Morgan fingerprint density at radius 2 is 1.83 bits per heavy atom. The van der Waals surface area contributed by atoms with Crippen LogP contribution in [0.3, 0.4) is 0 Å². The van der Waals surface area contributed by atoms with E-state index in [4.69, 9.17) is 0 Å². The van der Waals surface area contributed by atoms with Crippen molar-refractivity contribution in [3.05, 3.63) is 87.3 Å². The molecule has 1 aromatic heterocycles. The van der Waals surface area contributed by atoms with E-state index in [1.54, 1.807) is 6.92 Å². The fourth-order valence-corrected chi connectivity index (χ4v) is 3.97. The molecule has 2 aromatic carbocycles. The van der Waals surface area contributed by atoms with Crippen LogP contribution in [0.5, 0.6) is 0 Å². The van der Waals surface area contributed by atoms with Crippen molar-refractivity contribution in [2.75, 3.05) is 5.32 Å². The Labute approximate surface area is 175 Å². The Hall–Kier alpha value is -2.86. The zero-order valence-corrected chi connectivity index (χ0v) is 17.7. The van der Waals surface area contributed by atoms with Crippen LogP contribution in [0, 0.1) is 6.92 Å². The monoisotopic (exact) mass is 407 g/mol. The molecule has 5 nitrogen and oxygen atoms in total. The Morgan fingerprint density at radius 3 is 2.45 bits per heavy atom. The lowest BCUT2D eigenvalue weighted by Crippen LogP contribution is -2.23. The molecule has 29 heavy (non-hydrogen) atoms. The normalized spacial score (nSPS) is 11.8. The average Bonchev–Trinajstić information content (AvgIpc) is 2.72. The highest BCUT2D eigenvalue weighted by Crippen LogP contribution is 2.32. The van der Waals surface area contributed by atoms with Gasteiger partial charge in [0.25, 0.3) is 5.56 Å². The van der Waals surface area contributed by atoms with Gasteiger partial charge in [-0.15, -0.1) is 0 Å². The van der Waals surface area contributed by atoms with Crippen molar-refractivity contribution >= 4 is 23.4 Å². The molecule has 3 rings (SSSR count). The van der Waals surface area contributed by atoms with E-state index in [2.05, 4.69) is 29.1 Å². The third-order valence-electron chi connectivity index (χ3n) is 4.74. The van der Waals surface area contributed by atoms with Gasteiger partial charge in [0.15, 0.2) is 5.16 Å². The SMILES string of the molecule is CCc1ccc(NC(=O)Cc2c(C)nc(SC(C)c3ccccc3)[nH]c2=O)cc1. The molecule has 0 aliphatic rings. The van der Waals surface area contributed by atoms with Crippen molar-refractivity contribution in [2.45, 2.75) is 44.0 Å². The third kappa shape index (κ3) is 5.57. The van der Waals surface area contributed by atoms with Crippen molar-refractivity contribution in [2.24, 2.45) is 0 Å². The number of carbonyl (C=O) groups excluding carboxylic acids is 1. The molecule has 0 spiro atoms. The van der Waals surface area contributed by atoms with Crippen LogP contribution >= 0.6 is 11.8 Å². The summed E-state index contributed by atoms with van der Waals surface area (Å²) in [6.45, 7) is 5.92. The molecular weight excluding hydrogens is 382 g/mol. The molecule has 2 N–H and O–H groups in total. The first kappa shape index (κ1) is 20.9. The molecule has 0 saturated heterocycles. The zero-order chi connectivity index (χ0) is 20.8. The number of aromatic amines is 1. The Balaban J connectivity index is 1.68. The number of nitrogens with one attached hydrogen (secondary N) is 2. The second-order valence-corrected chi connectivity index (χ2v) is 8.21. The van der Waals surface area contributed by atoms with Crippen LogP contribution in [0.4, 0.5) is 5.69 Å². The van der Waals surface area contributed by atoms with Crippen molar-refractivity contribution in [3.8, 4) is 0 Å². The first-order valence-electron chi connectivity index (χ1n) is 9.66. The number of H-pyrrole nitrogens is 1. The van der Waals surface area contributed by atoms with E-state index in [0.717, 1.165) is 17.7 Å². The zero-order valence-electron chi connectivity index (χ0n) is 16.9. The van der Waals surface area contributed by atoms with Crippen LogP contribution in [0.2, 0.25) is 0 Å². The molecule has 1 amide bonds. The van der Waals surface area contributed by atoms with Crippen LogP contribution < -0.4 is 10.9 Å². The molecule has 0 bridgehead atoms. The van der Waals surface area contributed by atoms with Crippen molar-refractivity contribution in [1.29, 1.82) is 0 Å². The molecule has 3 aromatic rings. The van der Waals surface area contributed by atoms with Gasteiger partial charge in [0.1, 0.15) is 0 Å². The largest absolute Gasteiger partial charge is 0.326 e. The van der Waals surface area contributed by atoms with Gasteiger partial charge < -0.3 is 10.3 Å². The van der Waals surface area contributed by atoms with Gasteiger partial charge >= 0.3 is 0 Å². The Morgan fingerprint density at radius 1 is 1.14 bits per heavy atom. The van der Waals surface area contributed by atoms with E-state index in [1.807, 2.05) is 54.6 Å². The average molecular weight is 408 g/mol. The molecule has 0 radical (unpaired) electrons. The number of aryl methyl sites for hydroxylation is 2. The summed E-state index contributed by atoms with van der Waals surface area (Å²) >= 11 is 1.49. The van der Waals surface area contributed by atoms with E-state index in [-0.39, 0.29) is 23.1 Å². The van der Waals surface area contributed by atoms with E-state index in [0.29, 0.717) is 16.4 Å². The van der Waals surface area contributed by atoms with E-state index in [9.17, 15) is 9.59 Å². The summed E-state index contributed by atoms with van der Waals surface area (Å²) in [6.07, 6.45) is 0.935. The minimum atomic E-state index is -0.267. The summed E-state index contributed by atoms with van der Waals surface area (Å²) in [5, 5.41) is 3.55. The van der Waals surface area contributed by atoms with Crippen molar-refractivity contribution in [3.63, 3.8) is 0 Å². The maximum absolute atomic E-state index is 12.6. The Kier molecular flexibility index (Phi) is 6.88. The summed E-state index contributed by atoms with van der Waals surface area (Å²) in [6, 6.07) is 17.8. The molecule has 0 aliphatic carbocycles. The number of hydrogen-bond donors (Lipinski definition) is 2. The van der Waals surface area contributed by atoms with Gasteiger partial charge in [0, 0.05) is 22.2 Å². The van der Waals surface area contributed by atoms with Crippen LogP contribution in [0.15, 0.2) is 64.5 Å². The number of anilines is 1. The standard InChI is InChI=1S/C23H25N3O2S/c1-4-17-10-12-19(13-11-17)25-21(27)14-20-15(2)24-23(26-22(20)28)29-16(3)18-8-6-5-7-9-18/h5-13,16H,4,14H2,1-3H3,(H,25,27)(H,24,26,28). The van der Waals surface area contributed by atoms with Crippen molar-refractivity contribution < 1.29 is 4.79 Å². The molecule has 1 atom stereocenters. The third-order valence-corrected chi connectivity index (χ3v) is 5.78. The predicted molar refractivity (Wildman–Crippen MR) is 118 cm³/mol. The van der Waals surface area contributed by atoms with Gasteiger partial charge in [0.05, 0.1) is 6.42 Å². The quantitative estimate of drug-likeness (QED) is 0.441. The summed E-state index contributed by atoms with van der Waals surface area (Å²) in [4.78, 5) is 32.3. The maximum atomic E-state index is 12.6. The lowest BCUT2D eigenvalue weighted by atomic mass is 10.1. The van der Waals surface area contributed by atoms with Crippen LogP contribution in [0.25, 0.3) is 0 Å². The topological polar surface area (TPSA) is 74.8 Å². The number of thioether (sulfide) groups is 1. The molecular formula is C23H25N3O2S. The van der Waals surface area contributed by atoms with Gasteiger partial charge in [-0.05, 0) is 43.5 Å². The number of nitrogens with zero attached hydrogens (tertiary/aromatic N) is 1. The number of amides is 1. The van der Waals surface area contributed by atoms with Crippen LogP contribution in [0.1, 0.15) is 41.5 Å². The number of hydrogen-bond acceptors (Lipinski definition) is 4. The minimum absolute atomic E-state index is 0.0110. The summed E-state index contributed by atoms with van der Waals surface area (Å²) in [5.41, 5.74) is 3.79.